The maximum absolute atomic E-state index is 10.5. The Morgan fingerprint density at radius 1 is 1.86 bits per heavy atom. The monoisotopic (exact) mass is 122 g/mol. The third kappa shape index (κ3) is 2.91. The van der Waals surface area contributed by atoms with Crippen LogP contribution in [0.3, 0.4) is 0 Å². The molecule has 0 unspecified atom stereocenters. The average Bonchev–Trinajstić information content (AvgIpc) is 1.67. The van der Waals surface area contributed by atoms with Crippen LogP contribution in [0.2, 0.25) is 0 Å². The lowest BCUT2D eigenvalue weighted by Gasteiger charge is -2.17. The van der Waals surface area contributed by atoms with Gasteiger partial charge in [0.15, 0.2) is 0 Å². The van der Waals surface area contributed by atoms with Crippen LogP contribution in [0.25, 0.3) is 0 Å². The van der Waals surface area contributed by atoms with E-state index in [0.29, 0.717) is 0 Å². The van der Waals surface area contributed by atoms with Gasteiger partial charge in [-0.15, -0.1) is 0 Å². The van der Waals surface area contributed by atoms with Crippen molar-refractivity contribution < 1.29 is 5.92 Å². The minimum Gasteiger partial charge on any atom is -0.598 e. The Hall–Kier alpha value is 0.270. The van der Waals surface area contributed by atoms with Crippen LogP contribution in [0.4, 0.5) is 0 Å². The third-order valence-electron chi connectivity index (χ3n) is 0.545. The highest BCUT2D eigenvalue weighted by atomic mass is 32.2. The van der Waals surface area contributed by atoms with Gasteiger partial charge in [-0.2, -0.15) is 5.14 Å². The molecular formula is C4H11NOS. The van der Waals surface area contributed by atoms with E-state index in [1.807, 2.05) is 0 Å². The van der Waals surface area contributed by atoms with Crippen LogP contribution >= 0.6 is 0 Å². The molecule has 0 rings (SSSR count). The fourth-order valence-electron chi connectivity index (χ4n) is 0. The summed E-state index contributed by atoms with van der Waals surface area (Å²) in [6.45, 7) is 3.52. The zero-order chi connectivity index (χ0) is 6.78. The van der Waals surface area contributed by atoms with Crippen LogP contribution in [-0.2, 0) is 11.4 Å². The van der Waals surface area contributed by atoms with Crippen molar-refractivity contribution in [1.29, 1.82) is 0 Å². The summed E-state index contributed by atoms with van der Waals surface area (Å²) in [5, 5.41) is 5.03. The Kier molecular flexibility index (Phi) is 1.57. The van der Waals surface area contributed by atoms with Crippen LogP contribution in [0.15, 0.2) is 0 Å². The normalized spacial score (nSPS) is 18.6. The molecular weight excluding hydrogens is 110 g/mol. The second kappa shape index (κ2) is 2.03. The summed E-state index contributed by atoms with van der Waals surface area (Å²) in [5.41, 5.74) is 0. The summed E-state index contributed by atoms with van der Waals surface area (Å²) in [6, 6.07) is 0. The van der Waals surface area contributed by atoms with E-state index in [1.165, 1.54) is 0 Å². The van der Waals surface area contributed by atoms with E-state index >= 15 is 0 Å². The topological polar surface area (TPSA) is 49.1 Å². The van der Waals surface area contributed by atoms with Gasteiger partial charge in [0.2, 0.25) is 0 Å². The van der Waals surface area contributed by atoms with Crippen LogP contribution in [-0.4, -0.2) is 9.30 Å². The van der Waals surface area contributed by atoms with Gasteiger partial charge in [0.1, 0.15) is 4.75 Å². The standard InChI is InChI=1S/C4H11NOS/c1-4(2,3)7(5)6/h5H2,1-3H3/t7-/m0/s1/i1D. The van der Waals surface area contributed by atoms with Gasteiger partial charge in [-0.25, -0.2) is 0 Å². The molecule has 2 nitrogen and oxygen atoms in total. The van der Waals surface area contributed by atoms with Gasteiger partial charge in [0.05, 0.1) is 0 Å². The summed E-state index contributed by atoms with van der Waals surface area (Å²) >= 11 is -1.36. The van der Waals surface area contributed by atoms with Gasteiger partial charge in [0, 0.05) is 12.7 Å². The van der Waals surface area contributed by atoms with Crippen molar-refractivity contribution in [3.05, 3.63) is 0 Å². The highest BCUT2D eigenvalue weighted by molar-refractivity contribution is 7.90. The molecule has 0 aliphatic rings. The molecule has 0 radical (unpaired) electrons. The van der Waals surface area contributed by atoms with Gasteiger partial charge < -0.3 is 4.55 Å². The third-order valence-corrected chi connectivity index (χ3v) is 1.63. The van der Waals surface area contributed by atoms with Gasteiger partial charge in [0.25, 0.3) is 0 Å². The van der Waals surface area contributed by atoms with Gasteiger partial charge in [-0.1, -0.05) is 0 Å². The highest BCUT2D eigenvalue weighted by Crippen LogP contribution is 2.09. The smallest absolute Gasteiger partial charge is 0.136 e. The quantitative estimate of drug-likeness (QED) is 0.473. The summed E-state index contributed by atoms with van der Waals surface area (Å²) in [7, 11) is 0. The number of rotatable bonds is 0. The van der Waals surface area contributed by atoms with Gasteiger partial charge in [-0.05, 0) is 20.7 Å². The first-order valence-corrected chi connectivity index (χ1v) is 3.17. The lowest BCUT2D eigenvalue weighted by Crippen LogP contribution is -2.34. The molecule has 0 aromatic carbocycles. The van der Waals surface area contributed by atoms with Crippen molar-refractivity contribution in [2.45, 2.75) is 25.5 Å². The second-order valence-electron chi connectivity index (χ2n) is 2.06. The Bertz CT molecular complexity index is 76.4. The molecule has 0 amide bonds. The van der Waals surface area contributed by atoms with E-state index in [0.717, 1.165) is 0 Å². The molecule has 0 bridgehead atoms. The summed E-state index contributed by atoms with van der Waals surface area (Å²) in [5.74, 6) is 0. The largest absolute Gasteiger partial charge is 0.598 e. The summed E-state index contributed by atoms with van der Waals surface area (Å²) in [4.78, 5) is 0. The van der Waals surface area contributed by atoms with Crippen molar-refractivity contribution >= 4 is 11.4 Å². The molecule has 0 fully saturated rings. The first-order chi connectivity index (χ1) is 3.50. The molecule has 0 aromatic rings. The van der Waals surface area contributed by atoms with E-state index in [-0.39, 0.29) is 6.90 Å². The average molecular weight is 122 g/mol. The fourth-order valence-corrected chi connectivity index (χ4v) is 0. The minimum absolute atomic E-state index is 0.107. The fraction of sp³-hybridized carbons (Fsp3) is 1.00. The zero-order valence-corrected chi connectivity index (χ0v) is 5.42. The summed E-state index contributed by atoms with van der Waals surface area (Å²) < 4.78 is 16.8. The maximum Gasteiger partial charge on any atom is 0.136 e. The van der Waals surface area contributed by atoms with Crippen LogP contribution < -0.4 is 5.14 Å². The van der Waals surface area contributed by atoms with E-state index < -0.39 is 16.1 Å². The lowest BCUT2D eigenvalue weighted by atomic mass is 10.3. The van der Waals surface area contributed by atoms with Crippen LogP contribution in [0.1, 0.15) is 22.1 Å². The first kappa shape index (κ1) is 5.41. The van der Waals surface area contributed by atoms with E-state index in [2.05, 4.69) is 0 Å². The number of hydrogen-bond acceptors (Lipinski definition) is 2. The molecule has 0 saturated heterocycles. The van der Waals surface area contributed by atoms with Crippen molar-refractivity contribution in [2.75, 3.05) is 0 Å². The Morgan fingerprint density at radius 3 is 2.29 bits per heavy atom. The molecule has 1 atom stereocenters. The van der Waals surface area contributed by atoms with Crippen LogP contribution in [0, 0.1) is 0 Å². The first-order valence-electron chi connectivity index (χ1n) is 2.67. The molecule has 3 heteroatoms. The predicted molar refractivity (Wildman–Crippen MR) is 32.1 cm³/mol. The van der Waals surface area contributed by atoms with Gasteiger partial charge >= 0.3 is 0 Å². The van der Waals surface area contributed by atoms with Crippen molar-refractivity contribution in [3.63, 3.8) is 0 Å². The molecule has 2 N–H and O–H groups in total. The zero-order valence-electron chi connectivity index (χ0n) is 5.60. The molecule has 0 saturated carbocycles. The molecule has 0 heterocycles. The van der Waals surface area contributed by atoms with Crippen molar-refractivity contribution in [2.24, 2.45) is 5.14 Å². The highest BCUT2D eigenvalue weighted by Gasteiger charge is 2.21. The Labute approximate surface area is 48.8 Å². The van der Waals surface area contributed by atoms with E-state index in [1.54, 1.807) is 13.8 Å². The summed E-state index contributed by atoms with van der Waals surface area (Å²) in [6.07, 6.45) is 0. The lowest BCUT2D eigenvalue weighted by molar-refractivity contribution is 0.561. The maximum atomic E-state index is 10.5. The number of hydrogen-bond donors (Lipinski definition) is 1. The van der Waals surface area contributed by atoms with Crippen molar-refractivity contribution in [3.8, 4) is 0 Å². The molecule has 0 aliphatic carbocycles. The molecule has 0 spiro atoms. The minimum atomic E-state index is -1.36. The number of nitrogens with two attached hydrogens (primary N) is 1. The molecule has 44 valence electrons. The van der Waals surface area contributed by atoms with E-state index in [4.69, 9.17) is 6.51 Å². The van der Waals surface area contributed by atoms with Gasteiger partial charge in [-0.3, -0.25) is 0 Å². The van der Waals surface area contributed by atoms with Crippen molar-refractivity contribution in [1.82, 2.24) is 0 Å². The molecule has 7 heavy (non-hydrogen) atoms. The Balaban J connectivity index is 3.71. The molecule has 0 aromatic heterocycles. The molecule has 0 aliphatic heterocycles. The van der Waals surface area contributed by atoms with Crippen LogP contribution in [0.5, 0.6) is 0 Å². The second-order valence-corrected chi connectivity index (χ2v) is 3.76. The predicted octanol–water partition coefficient (Wildman–Crippen LogP) is 0.407. The van der Waals surface area contributed by atoms with E-state index in [9.17, 15) is 4.55 Å². The Morgan fingerprint density at radius 2 is 2.29 bits per heavy atom. The SMILES string of the molecule is [2H]CC(C)(C)[S@@+](N)[O-].